The molecule has 102 valence electrons. The second-order valence-electron chi connectivity index (χ2n) is 5.37. The number of hydrogen-bond acceptors (Lipinski definition) is 3. The number of nitrogens with one attached hydrogen (secondary N) is 1. The Morgan fingerprint density at radius 1 is 1.42 bits per heavy atom. The van der Waals surface area contributed by atoms with E-state index in [2.05, 4.69) is 11.4 Å². The molecule has 0 aromatic heterocycles. The Labute approximate surface area is 115 Å². The van der Waals surface area contributed by atoms with Gasteiger partial charge in [-0.3, -0.25) is 0 Å². The van der Waals surface area contributed by atoms with E-state index >= 15 is 0 Å². The molecular formula is C16H22N2O. The lowest BCUT2D eigenvalue weighted by atomic mass is 9.97. The van der Waals surface area contributed by atoms with Crippen LogP contribution in [0.15, 0.2) is 12.1 Å². The van der Waals surface area contributed by atoms with Crippen LogP contribution in [0.25, 0.3) is 0 Å². The minimum Gasteiger partial charge on any atom is -0.494 e. The fourth-order valence-electron chi connectivity index (χ4n) is 2.54. The molecule has 1 aromatic rings. The Morgan fingerprint density at radius 3 is 2.95 bits per heavy atom. The number of piperidine rings is 1. The smallest absolute Gasteiger partial charge is 0.120 e. The summed E-state index contributed by atoms with van der Waals surface area (Å²) in [5.74, 6) is 1.55. The van der Waals surface area contributed by atoms with Gasteiger partial charge in [-0.25, -0.2) is 0 Å². The Kier molecular flexibility index (Phi) is 4.81. The number of benzene rings is 1. The number of hydrogen-bond donors (Lipinski definition) is 1. The Balaban J connectivity index is 1.89. The van der Waals surface area contributed by atoms with Crippen LogP contribution in [0.4, 0.5) is 0 Å². The van der Waals surface area contributed by atoms with Crippen molar-refractivity contribution in [3.8, 4) is 11.8 Å². The van der Waals surface area contributed by atoms with E-state index in [1.54, 1.807) is 0 Å². The minimum atomic E-state index is 0.717. The molecule has 1 N–H and O–H groups in total. The molecule has 19 heavy (non-hydrogen) atoms. The zero-order valence-corrected chi connectivity index (χ0v) is 11.8. The van der Waals surface area contributed by atoms with Crippen LogP contribution in [0.5, 0.6) is 5.75 Å². The first-order valence-electron chi connectivity index (χ1n) is 7.05. The summed E-state index contributed by atoms with van der Waals surface area (Å²) in [5.41, 5.74) is 2.88. The van der Waals surface area contributed by atoms with Crippen LogP contribution in [0.2, 0.25) is 0 Å². The van der Waals surface area contributed by atoms with Crippen LogP contribution < -0.4 is 10.1 Å². The summed E-state index contributed by atoms with van der Waals surface area (Å²) in [7, 11) is 0. The van der Waals surface area contributed by atoms with Crippen LogP contribution in [0.3, 0.4) is 0 Å². The van der Waals surface area contributed by atoms with Gasteiger partial charge < -0.3 is 10.1 Å². The van der Waals surface area contributed by atoms with Gasteiger partial charge in [-0.2, -0.15) is 5.26 Å². The van der Waals surface area contributed by atoms with Crippen molar-refractivity contribution in [2.24, 2.45) is 5.92 Å². The third-order valence-electron chi connectivity index (χ3n) is 3.96. The second-order valence-corrected chi connectivity index (χ2v) is 5.37. The molecule has 1 aliphatic heterocycles. The third-order valence-corrected chi connectivity index (χ3v) is 3.96. The van der Waals surface area contributed by atoms with Gasteiger partial charge in [-0.15, -0.1) is 0 Å². The highest BCUT2D eigenvalue weighted by atomic mass is 16.5. The number of nitrogens with zero attached hydrogens (tertiary/aromatic N) is 1. The predicted octanol–water partition coefficient (Wildman–Crippen LogP) is 2.94. The molecule has 0 amide bonds. The molecule has 0 radical (unpaired) electrons. The summed E-state index contributed by atoms with van der Waals surface area (Å²) in [4.78, 5) is 0. The first-order chi connectivity index (χ1) is 9.20. The van der Waals surface area contributed by atoms with Crippen molar-refractivity contribution < 1.29 is 4.74 Å². The summed E-state index contributed by atoms with van der Waals surface area (Å²) in [6.07, 6.45) is 3.65. The zero-order valence-electron chi connectivity index (χ0n) is 11.8. The van der Waals surface area contributed by atoms with Crippen molar-refractivity contribution >= 4 is 0 Å². The van der Waals surface area contributed by atoms with Gasteiger partial charge in [0.25, 0.3) is 0 Å². The Hall–Kier alpha value is -1.53. The minimum absolute atomic E-state index is 0.717. The van der Waals surface area contributed by atoms with Crippen molar-refractivity contribution in [3.05, 3.63) is 28.8 Å². The molecule has 0 aliphatic carbocycles. The highest BCUT2D eigenvalue weighted by molar-refractivity contribution is 5.47. The molecule has 1 fully saturated rings. The van der Waals surface area contributed by atoms with Gasteiger partial charge in [0.2, 0.25) is 0 Å². The van der Waals surface area contributed by atoms with E-state index < -0.39 is 0 Å². The van der Waals surface area contributed by atoms with Crippen molar-refractivity contribution in [2.45, 2.75) is 33.1 Å². The zero-order chi connectivity index (χ0) is 13.7. The average Bonchev–Trinajstić information content (AvgIpc) is 2.43. The van der Waals surface area contributed by atoms with Gasteiger partial charge >= 0.3 is 0 Å². The Morgan fingerprint density at radius 2 is 2.26 bits per heavy atom. The van der Waals surface area contributed by atoms with Gasteiger partial charge in [0.1, 0.15) is 5.75 Å². The van der Waals surface area contributed by atoms with E-state index in [4.69, 9.17) is 10.00 Å². The van der Waals surface area contributed by atoms with E-state index in [0.717, 1.165) is 48.9 Å². The lowest BCUT2D eigenvalue weighted by Crippen LogP contribution is -2.30. The highest BCUT2D eigenvalue weighted by Crippen LogP contribution is 2.22. The normalized spacial score (nSPS) is 18.9. The van der Waals surface area contributed by atoms with Crippen molar-refractivity contribution in [1.82, 2.24) is 5.32 Å². The van der Waals surface area contributed by atoms with E-state index in [9.17, 15) is 0 Å². The van der Waals surface area contributed by atoms with Crippen molar-refractivity contribution in [3.63, 3.8) is 0 Å². The molecule has 0 bridgehead atoms. The number of ether oxygens (including phenoxy) is 1. The first-order valence-corrected chi connectivity index (χ1v) is 7.05. The van der Waals surface area contributed by atoms with Crippen LogP contribution in [-0.4, -0.2) is 19.7 Å². The van der Waals surface area contributed by atoms with Crippen LogP contribution in [0, 0.1) is 31.1 Å². The summed E-state index contributed by atoms with van der Waals surface area (Å²) in [6.45, 7) is 7.00. The highest BCUT2D eigenvalue weighted by Gasteiger charge is 2.13. The number of nitriles is 1. The summed E-state index contributed by atoms with van der Waals surface area (Å²) in [5, 5.41) is 12.5. The van der Waals surface area contributed by atoms with Gasteiger partial charge in [0, 0.05) is 0 Å². The SMILES string of the molecule is Cc1cc(OCCC2CCCNC2)cc(C#N)c1C. The molecule has 0 spiro atoms. The molecule has 1 aliphatic rings. The predicted molar refractivity (Wildman–Crippen MR) is 76.3 cm³/mol. The Bertz CT molecular complexity index is 470. The van der Waals surface area contributed by atoms with Crippen molar-refractivity contribution in [2.75, 3.05) is 19.7 Å². The lowest BCUT2D eigenvalue weighted by Gasteiger charge is -2.22. The summed E-state index contributed by atoms with van der Waals surface area (Å²) < 4.78 is 5.81. The van der Waals surface area contributed by atoms with Crippen LogP contribution in [0.1, 0.15) is 36.0 Å². The molecule has 2 rings (SSSR count). The number of rotatable bonds is 4. The van der Waals surface area contributed by atoms with E-state index in [0.29, 0.717) is 5.56 Å². The van der Waals surface area contributed by atoms with Gasteiger partial charge in [0.05, 0.1) is 18.2 Å². The fourth-order valence-corrected chi connectivity index (χ4v) is 2.54. The summed E-state index contributed by atoms with van der Waals surface area (Å²) in [6, 6.07) is 6.10. The summed E-state index contributed by atoms with van der Waals surface area (Å²) >= 11 is 0. The maximum Gasteiger partial charge on any atom is 0.120 e. The molecular weight excluding hydrogens is 236 g/mol. The topological polar surface area (TPSA) is 45.0 Å². The molecule has 1 saturated heterocycles. The second kappa shape index (κ2) is 6.58. The molecule has 3 heteroatoms. The van der Waals surface area contributed by atoms with Crippen LogP contribution in [-0.2, 0) is 0 Å². The van der Waals surface area contributed by atoms with Crippen LogP contribution >= 0.6 is 0 Å². The van der Waals surface area contributed by atoms with Gasteiger partial charge in [-0.05, 0) is 75.4 Å². The maximum atomic E-state index is 9.08. The molecule has 1 aromatic carbocycles. The molecule has 1 unspecified atom stereocenters. The maximum absolute atomic E-state index is 9.08. The lowest BCUT2D eigenvalue weighted by molar-refractivity contribution is 0.254. The molecule has 1 atom stereocenters. The fraction of sp³-hybridized carbons (Fsp3) is 0.562. The molecule has 3 nitrogen and oxygen atoms in total. The molecule has 1 heterocycles. The molecule has 0 saturated carbocycles. The van der Waals surface area contributed by atoms with E-state index in [1.165, 1.54) is 12.8 Å². The monoisotopic (exact) mass is 258 g/mol. The van der Waals surface area contributed by atoms with Gasteiger partial charge in [-0.1, -0.05) is 0 Å². The quantitative estimate of drug-likeness (QED) is 0.903. The van der Waals surface area contributed by atoms with Gasteiger partial charge in [0.15, 0.2) is 0 Å². The van der Waals surface area contributed by atoms with E-state index in [1.807, 2.05) is 26.0 Å². The largest absolute Gasteiger partial charge is 0.494 e. The standard InChI is InChI=1S/C16H22N2O/c1-12-8-16(9-15(10-17)13(12)2)19-7-5-14-4-3-6-18-11-14/h8-9,14,18H,3-7,11H2,1-2H3. The van der Waals surface area contributed by atoms with E-state index in [-0.39, 0.29) is 0 Å². The van der Waals surface area contributed by atoms with Crippen molar-refractivity contribution in [1.29, 1.82) is 5.26 Å². The number of aryl methyl sites for hydroxylation is 1. The third kappa shape index (κ3) is 3.71. The first kappa shape index (κ1) is 13.9. The average molecular weight is 258 g/mol.